The maximum Gasteiger partial charge on any atom is 0.226 e. The van der Waals surface area contributed by atoms with Gasteiger partial charge in [-0.1, -0.05) is 37.3 Å². The van der Waals surface area contributed by atoms with Crippen LogP contribution in [0.2, 0.25) is 5.02 Å². The van der Waals surface area contributed by atoms with E-state index in [9.17, 15) is 4.79 Å². The number of carbonyl (C=O) groups excluding carboxylic acids is 1. The number of hydrogen-bond acceptors (Lipinski definition) is 2. The van der Waals surface area contributed by atoms with E-state index in [2.05, 4.69) is 0 Å². The fourth-order valence-corrected chi connectivity index (χ4v) is 2.90. The third-order valence-corrected chi connectivity index (χ3v) is 4.20. The predicted molar refractivity (Wildman–Crippen MR) is 80.5 cm³/mol. The van der Waals surface area contributed by atoms with Gasteiger partial charge in [0, 0.05) is 18.5 Å². The number of benzene rings is 1. The van der Waals surface area contributed by atoms with Crippen LogP contribution in [0.1, 0.15) is 38.5 Å². The van der Waals surface area contributed by atoms with Crippen LogP contribution in [0.3, 0.4) is 0 Å². The van der Waals surface area contributed by atoms with Crippen LogP contribution >= 0.6 is 11.6 Å². The molecular formula is C15H21ClN2O. The van der Waals surface area contributed by atoms with E-state index in [0.717, 1.165) is 12.3 Å². The largest absolute Gasteiger partial charge is 0.397 e. The number of nitrogens with two attached hydrogens (primary N) is 1. The first-order valence-electron chi connectivity index (χ1n) is 6.89. The summed E-state index contributed by atoms with van der Waals surface area (Å²) in [5.74, 6) is 0.843. The molecular weight excluding hydrogens is 260 g/mol. The van der Waals surface area contributed by atoms with E-state index in [4.69, 9.17) is 17.3 Å². The second kappa shape index (κ2) is 6.29. The smallest absolute Gasteiger partial charge is 0.226 e. The third-order valence-electron chi connectivity index (χ3n) is 3.97. The Morgan fingerprint density at radius 1 is 1.42 bits per heavy atom. The number of halogens is 1. The van der Waals surface area contributed by atoms with Crippen LogP contribution in [-0.4, -0.2) is 13.0 Å². The van der Waals surface area contributed by atoms with Crippen LogP contribution in [-0.2, 0) is 4.79 Å². The lowest BCUT2D eigenvalue weighted by molar-refractivity contribution is -0.118. The lowest BCUT2D eigenvalue weighted by Gasteiger charge is -2.20. The van der Waals surface area contributed by atoms with Crippen molar-refractivity contribution in [2.75, 3.05) is 17.7 Å². The molecule has 0 aliphatic heterocycles. The van der Waals surface area contributed by atoms with Crippen molar-refractivity contribution in [2.45, 2.75) is 38.5 Å². The number of anilines is 2. The molecule has 1 fully saturated rings. The molecule has 1 aromatic rings. The molecule has 0 atom stereocenters. The van der Waals surface area contributed by atoms with Crippen molar-refractivity contribution in [3.8, 4) is 0 Å². The molecule has 2 rings (SSSR count). The number of rotatable bonds is 4. The van der Waals surface area contributed by atoms with Crippen LogP contribution in [0.5, 0.6) is 0 Å². The van der Waals surface area contributed by atoms with Gasteiger partial charge in [0.1, 0.15) is 0 Å². The van der Waals surface area contributed by atoms with Gasteiger partial charge in [0.15, 0.2) is 0 Å². The van der Waals surface area contributed by atoms with Gasteiger partial charge < -0.3 is 10.6 Å². The number of nitrogens with zero attached hydrogens (tertiary/aromatic N) is 1. The normalized spacial score (nSPS) is 15.7. The number of hydrogen-bond donors (Lipinski definition) is 1. The summed E-state index contributed by atoms with van der Waals surface area (Å²) in [7, 11) is 1.76. The average Bonchev–Trinajstić information content (AvgIpc) is 2.91. The van der Waals surface area contributed by atoms with Gasteiger partial charge in [-0.25, -0.2) is 0 Å². The molecule has 0 radical (unpaired) electrons. The Bertz CT molecular complexity index is 455. The lowest BCUT2D eigenvalue weighted by atomic mass is 10.0. The van der Waals surface area contributed by atoms with Gasteiger partial charge in [-0.3, -0.25) is 4.79 Å². The minimum atomic E-state index is 0.112. The average molecular weight is 281 g/mol. The molecule has 0 spiro atoms. The number of carbonyl (C=O) groups is 1. The maximum absolute atomic E-state index is 12.2. The van der Waals surface area contributed by atoms with E-state index in [1.54, 1.807) is 30.1 Å². The van der Waals surface area contributed by atoms with Crippen molar-refractivity contribution in [1.29, 1.82) is 0 Å². The Morgan fingerprint density at radius 3 is 2.79 bits per heavy atom. The fraction of sp³-hybridized carbons (Fsp3) is 0.533. The van der Waals surface area contributed by atoms with Crippen LogP contribution in [0, 0.1) is 5.92 Å². The summed E-state index contributed by atoms with van der Waals surface area (Å²) in [5, 5.41) is 0.597. The molecule has 0 saturated heterocycles. The highest BCUT2D eigenvalue weighted by Crippen LogP contribution is 2.30. The van der Waals surface area contributed by atoms with E-state index in [-0.39, 0.29) is 5.91 Å². The highest BCUT2D eigenvalue weighted by atomic mass is 35.5. The minimum absolute atomic E-state index is 0.112. The molecule has 1 aromatic carbocycles. The van der Waals surface area contributed by atoms with E-state index in [1.807, 2.05) is 0 Å². The van der Waals surface area contributed by atoms with Crippen molar-refractivity contribution in [3.63, 3.8) is 0 Å². The van der Waals surface area contributed by atoms with E-state index in [0.29, 0.717) is 22.8 Å². The summed E-state index contributed by atoms with van der Waals surface area (Å²) >= 11 is 5.95. The Hall–Kier alpha value is -1.22. The summed E-state index contributed by atoms with van der Waals surface area (Å²) < 4.78 is 0. The summed E-state index contributed by atoms with van der Waals surface area (Å²) in [5.41, 5.74) is 7.18. The van der Waals surface area contributed by atoms with Crippen LogP contribution in [0.4, 0.5) is 11.4 Å². The van der Waals surface area contributed by atoms with E-state index in [1.165, 1.54) is 25.7 Å². The monoisotopic (exact) mass is 280 g/mol. The number of amides is 1. The molecule has 2 N–H and O–H groups in total. The molecule has 104 valence electrons. The predicted octanol–water partition coefficient (Wildman–Crippen LogP) is 3.86. The fourth-order valence-electron chi connectivity index (χ4n) is 2.74. The van der Waals surface area contributed by atoms with Gasteiger partial charge in [-0.05, 0) is 30.5 Å². The molecule has 0 heterocycles. The molecule has 19 heavy (non-hydrogen) atoms. The summed E-state index contributed by atoms with van der Waals surface area (Å²) in [4.78, 5) is 13.8. The second-order valence-electron chi connectivity index (χ2n) is 5.35. The van der Waals surface area contributed by atoms with Crippen molar-refractivity contribution in [3.05, 3.63) is 23.2 Å². The Labute approximate surface area is 119 Å². The first-order valence-corrected chi connectivity index (χ1v) is 7.27. The number of nitrogen functional groups attached to an aromatic ring is 1. The quantitative estimate of drug-likeness (QED) is 0.852. The first-order chi connectivity index (χ1) is 9.08. The minimum Gasteiger partial charge on any atom is -0.397 e. The summed E-state index contributed by atoms with van der Waals surface area (Å²) in [6, 6.07) is 5.21. The molecule has 3 nitrogen and oxygen atoms in total. The van der Waals surface area contributed by atoms with Crippen LogP contribution in [0.15, 0.2) is 18.2 Å². The molecule has 0 unspecified atom stereocenters. The topological polar surface area (TPSA) is 46.3 Å². The van der Waals surface area contributed by atoms with Gasteiger partial charge in [0.2, 0.25) is 5.91 Å². The lowest BCUT2D eigenvalue weighted by Crippen LogP contribution is -2.27. The van der Waals surface area contributed by atoms with Gasteiger partial charge in [0.05, 0.1) is 11.4 Å². The van der Waals surface area contributed by atoms with Gasteiger partial charge in [0.25, 0.3) is 0 Å². The van der Waals surface area contributed by atoms with Crippen molar-refractivity contribution >= 4 is 28.9 Å². The first kappa shape index (κ1) is 14.2. The third kappa shape index (κ3) is 3.63. The molecule has 1 saturated carbocycles. The molecule has 0 aromatic heterocycles. The SMILES string of the molecule is CN(C(=O)CCC1CCCC1)c1cc(Cl)ccc1N. The molecule has 4 heteroatoms. The molecule has 0 bridgehead atoms. The van der Waals surface area contributed by atoms with E-state index >= 15 is 0 Å². The van der Waals surface area contributed by atoms with Gasteiger partial charge in [-0.2, -0.15) is 0 Å². The van der Waals surface area contributed by atoms with Crippen molar-refractivity contribution < 1.29 is 4.79 Å². The maximum atomic E-state index is 12.2. The Kier molecular flexibility index (Phi) is 4.70. The zero-order valence-corrected chi connectivity index (χ0v) is 12.1. The van der Waals surface area contributed by atoms with Crippen LogP contribution in [0.25, 0.3) is 0 Å². The molecule has 1 amide bonds. The van der Waals surface area contributed by atoms with Gasteiger partial charge >= 0.3 is 0 Å². The van der Waals surface area contributed by atoms with Crippen molar-refractivity contribution in [1.82, 2.24) is 0 Å². The van der Waals surface area contributed by atoms with E-state index < -0.39 is 0 Å². The highest BCUT2D eigenvalue weighted by molar-refractivity contribution is 6.31. The summed E-state index contributed by atoms with van der Waals surface area (Å²) in [6.07, 6.45) is 6.76. The molecule has 1 aliphatic rings. The Balaban J connectivity index is 1.95. The highest BCUT2D eigenvalue weighted by Gasteiger charge is 2.19. The van der Waals surface area contributed by atoms with Crippen LogP contribution < -0.4 is 10.6 Å². The standard InChI is InChI=1S/C15H21ClN2O/c1-18(14-10-12(16)7-8-13(14)17)15(19)9-6-11-4-2-3-5-11/h7-8,10-11H,2-6,9,17H2,1H3. The summed E-state index contributed by atoms with van der Waals surface area (Å²) in [6.45, 7) is 0. The van der Waals surface area contributed by atoms with Crippen molar-refractivity contribution in [2.24, 2.45) is 5.92 Å². The Morgan fingerprint density at radius 2 is 2.11 bits per heavy atom. The zero-order valence-electron chi connectivity index (χ0n) is 11.4. The zero-order chi connectivity index (χ0) is 13.8. The molecule has 1 aliphatic carbocycles. The second-order valence-corrected chi connectivity index (χ2v) is 5.78. The van der Waals surface area contributed by atoms with Gasteiger partial charge in [-0.15, -0.1) is 0 Å².